The highest BCUT2D eigenvalue weighted by atomic mass is 79.9. The lowest BCUT2D eigenvalue weighted by atomic mass is 9.90. The fraction of sp³-hybridized carbons (Fsp3) is 0.500. The third kappa shape index (κ3) is 3.05. The highest BCUT2D eigenvalue weighted by Gasteiger charge is 2.31. The average molecular weight is 380 g/mol. The van der Waals surface area contributed by atoms with E-state index in [9.17, 15) is 0 Å². The molecule has 1 saturated heterocycles. The van der Waals surface area contributed by atoms with E-state index in [0.717, 1.165) is 36.2 Å². The van der Waals surface area contributed by atoms with Crippen molar-refractivity contribution in [3.63, 3.8) is 0 Å². The van der Waals surface area contributed by atoms with Crippen molar-refractivity contribution in [1.82, 2.24) is 9.88 Å². The first kappa shape index (κ1) is 14.6. The van der Waals surface area contributed by atoms with Gasteiger partial charge in [0.05, 0.1) is 15.7 Å². The van der Waals surface area contributed by atoms with Gasteiger partial charge in [-0.25, -0.2) is 4.98 Å². The zero-order valence-corrected chi connectivity index (χ0v) is 14.6. The molecule has 1 atom stereocenters. The van der Waals surface area contributed by atoms with Gasteiger partial charge in [0, 0.05) is 18.9 Å². The molecule has 4 nitrogen and oxygen atoms in total. The molecule has 22 heavy (non-hydrogen) atoms. The summed E-state index contributed by atoms with van der Waals surface area (Å²) in [7, 11) is 0. The van der Waals surface area contributed by atoms with Gasteiger partial charge in [0.15, 0.2) is 0 Å². The lowest BCUT2D eigenvalue weighted by molar-refractivity contribution is 0.0127. The monoisotopic (exact) mass is 379 g/mol. The number of rotatable bonds is 3. The van der Waals surface area contributed by atoms with Crippen LogP contribution in [0.5, 0.6) is 0 Å². The number of nitrogens with zero attached hydrogens (tertiary/aromatic N) is 3. The topological polar surface area (TPSA) is 37.7 Å². The van der Waals surface area contributed by atoms with Crippen LogP contribution in [0.3, 0.4) is 0 Å². The van der Waals surface area contributed by atoms with E-state index in [2.05, 4.69) is 49.2 Å². The van der Waals surface area contributed by atoms with Crippen LogP contribution in [-0.2, 0) is 11.4 Å². The molecule has 3 heterocycles. The second kappa shape index (κ2) is 6.26. The molecule has 2 aliphatic heterocycles. The Morgan fingerprint density at radius 2 is 2.18 bits per heavy atom. The Labute approximate surface area is 142 Å². The van der Waals surface area contributed by atoms with E-state index in [4.69, 9.17) is 4.84 Å². The summed E-state index contributed by atoms with van der Waals surface area (Å²) in [5.41, 5.74) is 4.41. The third-order valence-electron chi connectivity index (χ3n) is 4.62. The van der Waals surface area contributed by atoms with Gasteiger partial charge in [0.25, 0.3) is 0 Å². The van der Waals surface area contributed by atoms with Crippen LogP contribution >= 0.6 is 27.3 Å². The summed E-state index contributed by atoms with van der Waals surface area (Å²) >= 11 is 5.15. The molecular weight excluding hydrogens is 362 g/mol. The van der Waals surface area contributed by atoms with Crippen molar-refractivity contribution in [2.24, 2.45) is 11.1 Å². The van der Waals surface area contributed by atoms with Gasteiger partial charge in [0.1, 0.15) is 10.7 Å². The number of piperidine rings is 1. The van der Waals surface area contributed by atoms with Crippen LogP contribution < -0.4 is 0 Å². The summed E-state index contributed by atoms with van der Waals surface area (Å²) in [5, 5.41) is 4.02. The molecule has 0 radical (unpaired) electrons. The molecule has 2 aromatic rings. The average Bonchev–Trinajstić information content (AvgIpc) is 3.16. The number of halogens is 1. The maximum Gasteiger partial charge on any atom is 0.136 e. The van der Waals surface area contributed by atoms with Crippen LogP contribution in [-0.4, -0.2) is 33.7 Å². The molecule has 0 saturated carbocycles. The van der Waals surface area contributed by atoms with Crippen LogP contribution in [0.15, 0.2) is 28.9 Å². The molecule has 1 fully saturated rings. The molecule has 1 aromatic heterocycles. The Morgan fingerprint density at radius 1 is 1.32 bits per heavy atom. The summed E-state index contributed by atoms with van der Waals surface area (Å²) in [6.45, 7) is 3.32. The largest absolute Gasteiger partial charge is 0.391 e. The summed E-state index contributed by atoms with van der Waals surface area (Å²) in [5.74, 6) is 0.638. The van der Waals surface area contributed by atoms with Crippen LogP contribution in [0.25, 0.3) is 10.2 Å². The van der Waals surface area contributed by atoms with Crippen LogP contribution in [0, 0.1) is 5.92 Å². The number of oxime groups is 1. The van der Waals surface area contributed by atoms with Crippen molar-refractivity contribution >= 4 is 42.1 Å². The zero-order valence-electron chi connectivity index (χ0n) is 12.2. The number of thiazole rings is 1. The van der Waals surface area contributed by atoms with E-state index in [1.54, 1.807) is 11.3 Å². The van der Waals surface area contributed by atoms with Gasteiger partial charge < -0.3 is 4.84 Å². The fourth-order valence-electron chi connectivity index (χ4n) is 3.36. The minimum atomic E-state index is 0.282. The molecule has 2 aliphatic rings. The SMILES string of the molecule is BrC1=NO[C@@H](C2CCN(Cc3ccc4ncsc4c3)CC2)C1. The van der Waals surface area contributed by atoms with Crippen molar-refractivity contribution in [2.75, 3.05) is 13.1 Å². The van der Waals surface area contributed by atoms with Gasteiger partial charge in [-0.15, -0.1) is 11.3 Å². The summed E-state index contributed by atoms with van der Waals surface area (Å²) < 4.78 is 2.24. The highest BCUT2D eigenvalue weighted by Crippen LogP contribution is 2.30. The fourth-order valence-corrected chi connectivity index (χ4v) is 4.50. The first-order valence-electron chi connectivity index (χ1n) is 7.70. The Bertz CT molecular complexity index is 694. The van der Waals surface area contributed by atoms with Crippen molar-refractivity contribution < 1.29 is 4.84 Å². The number of aromatic nitrogens is 1. The van der Waals surface area contributed by atoms with Gasteiger partial charge in [-0.05, 0) is 59.6 Å². The van der Waals surface area contributed by atoms with E-state index in [1.807, 2.05) is 5.51 Å². The van der Waals surface area contributed by atoms with Gasteiger partial charge in [-0.2, -0.15) is 0 Å². The van der Waals surface area contributed by atoms with Gasteiger partial charge in [0.2, 0.25) is 0 Å². The standard InChI is InChI=1S/C16H18BrN3OS/c17-16-8-14(21-19-16)12-3-5-20(6-4-12)9-11-1-2-13-15(7-11)22-10-18-13/h1-2,7,10,12,14H,3-6,8-9H2/t14-/m1/s1. The second-order valence-corrected chi connectivity index (χ2v) is 7.89. The van der Waals surface area contributed by atoms with E-state index in [-0.39, 0.29) is 6.10 Å². The first-order chi connectivity index (χ1) is 10.8. The predicted octanol–water partition coefficient (Wildman–Crippen LogP) is 4.01. The maximum atomic E-state index is 5.51. The molecule has 0 spiro atoms. The molecular formula is C16H18BrN3OS. The molecule has 0 N–H and O–H groups in total. The predicted molar refractivity (Wildman–Crippen MR) is 93.5 cm³/mol. The summed E-state index contributed by atoms with van der Waals surface area (Å²) in [4.78, 5) is 12.4. The lowest BCUT2D eigenvalue weighted by Crippen LogP contribution is -2.37. The Hall–Kier alpha value is -0.980. The van der Waals surface area contributed by atoms with Crippen molar-refractivity contribution in [1.29, 1.82) is 0 Å². The summed E-state index contributed by atoms with van der Waals surface area (Å²) in [6.07, 6.45) is 3.62. The molecule has 0 amide bonds. The van der Waals surface area contributed by atoms with Crippen molar-refractivity contribution in [2.45, 2.75) is 31.9 Å². The van der Waals surface area contributed by atoms with Crippen LogP contribution in [0.1, 0.15) is 24.8 Å². The van der Waals surface area contributed by atoms with E-state index >= 15 is 0 Å². The zero-order chi connectivity index (χ0) is 14.9. The Kier molecular flexibility index (Phi) is 4.15. The smallest absolute Gasteiger partial charge is 0.136 e. The Morgan fingerprint density at radius 3 is 2.95 bits per heavy atom. The van der Waals surface area contributed by atoms with Crippen LogP contribution in [0.2, 0.25) is 0 Å². The van der Waals surface area contributed by atoms with E-state index in [0.29, 0.717) is 5.92 Å². The number of benzene rings is 1. The van der Waals surface area contributed by atoms with Gasteiger partial charge in [-0.3, -0.25) is 4.90 Å². The maximum absolute atomic E-state index is 5.51. The molecule has 4 rings (SSSR count). The number of likely N-dealkylation sites (tertiary alicyclic amines) is 1. The molecule has 0 unspecified atom stereocenters. The minimum Gasteiger partial charge on any atom is -0.391 e. The minimum absolute atomic E-state index is 0.282. The third-order valence-corrected chi connectivity index (χ3v) is 5.88. The number of fused-ring (bicyclic) bond motifs is 1. The molecule has 0 bridgehead atoms. The van der Waals surface area contributed by atoms with Gasteiger partial charge in [-0.1, -0.05) is 11.2 Å². The molecule has 6 heteroatoms. The first-order valence-corrected chi connectivity index (χ1v) is 9.38. The molecule has 116 valence electrons. The Balaban J connectivity index is 1.33. The van der Waals surface area contributed by atoms with E-state index in [1.165, 1.54) is 23.1 Å². The van der Waals surface area contributed by atoms with E-state index < -0.39 is 0 Å². The quantitative estimate of drug-likeness (QED) is 0.808. The summed E-state index contributed by atoms with van der Waals surface area (Å²) in [6, 6.07) is 6.62. The van der Waals surface area contributed by atoms with Gasteiger partial charge >= 0.3 is 0 Å². The molecule has 1 aromatic carbocycles. The highest BCUT2D eigenvalue weighted by molar-refractivity contribution is 9.18. The number of hydrogen-bond acceptors (Lipinski definition) is 5. The van der Waals surface area contributed by atoms with Crippen LogP contribution in [0.4, 0.5) is 0 Å². The molecule has 0 aliphatic carbocycles. The normalized spacial score (nSPS) is 23.7. The number of hydrogen-bond donors (Lipinski definition) is 0. The lowest BCUT2D eigenvalue weighted by Gasteiger charge is -2.33. The van der Waals surface area contributed by atoms with Crippen molar-refractivity contribution in [3.05, 3.63) is 29.3 Å². The second-order valence-electron chi connectivity index (χ2n) is 6.08. The van der Waals surface area contributed by atoms with Crippen molar-refractivity contribution in [3.8, 4) is 0 Å².